The van der Waals surface area contributed by atoms with E-state index >= 15 is 0 Å². The first-order valence-corrected chi connectivity index (χ1v) is 14.2. The molecule has 3 aromatic rings. The molecule has 0 atom stereocenters. The summed E-state index contributed by atoms with van der Waals surface area (Å²) >= 11 is 1.47. The van der Waals surface area contributed by atoms with Gasteiger partial charge in [0.2, 0.25) is 0 Å². The molecule has 0 saturated carbocycles. The summed E-state index contributed by atoms with van der Waals surface area (Å²) in [6.07, 6.45) is 6.85. The number of hydrogen-bond donors (Lipinski definition) is 0. The monoisotopic (exact) mass is 512 g/mol. The number of hydrogen-bond acceptors (Lipinski definition) is 4. The summed E-state index contributed by atoms with van der Waals surface area (Å²) in [7, 11) is 0. The van der Waals surface area contributed by atoms with Gasteiger partial charge in [0.15, 0.2) is 5.17 Å². The molecule has 37 heavy (non-hydrogen) atoms. The predicted octanol–water partition coefficient (Wildman–Crippen LogP) is 7.27. The standard InChI is InChI=1S/C31H36N4OS/c1-5-24-12-8-9-13-28(24)35-22(3)20-25(23(35)4)21-29-30(36)34(6-2)31(37-29)32-26-14-16-27(17-15-26)33-18-10-7-11-19-33/h8-9,12-17,20-21H,5-7,10-11,18-19H2,1-4H3/b29-21-,32-31?. The quantitative estimate of drug-likeness (QED) is 0.326. The van der Waals surface area contributed by atoms with Gasteiger partial charge >= 0.3 is 0 Å². The first-order chi connectivity index (χ1) is 18.0. The van der Waals surface area contributed by atoms with Gasteiger partial charge in [0.05, 0.1) is 10.6 Å². The largest absolute Gasteiger partial charge is 0.372 e. The van der Waals surface area contributed by atoms with Crippen LogP contribution >= 0.6 is 11.8 Å². The maximum atomic E-state index is 13.3. The van der Waals surface area contributed by atoms with E-state index in [1.165, 1.54) is 48.0 Å². The molecule has 1 aromatic heterocycles. The van der Waals surface area contributed by atoms with E-state index in [1.54, 1.807) is 4.90 Å². The molecule has 2 aliphatic heterocycles. The Morgan fingerprint density at radius 3 is 2.41 bits per heavy atom. The van der Waals surface area contributed by atoms with Gasteiger partial charge in [-0.3, -0.25) is 9.69 Å². The van der Waals surface area contributed by atoms with Crippen LogP contribution in [-0.2, 0) is 11.2 Å². The first-order valence-electron chi connectivity index (χ1n) is 13.4. The second-order valence-electron chi connectivity index (χ2n) is 9.76. The fourth-order valence-electron chi connectivity index (χ4n) is 5.34. The topological polar surface area (TPSA) is 40.8 Å². The Kier molecular flexibility index (Phi) is 7.56. The van der Waals surface area contributed by atoms with Crippen molar-refractivity contribution in [1.29, 1.82) is 0 Å². The predicted molar refractivity (Wildman–Crippen MR) is 157 cm³/mol. The molecule has 0 spiro atoms. The molecule has 2 aliphatic rings. The number of likely N-dealkylation sites (N-methyl/N-ethyl adjacent to an activating group) is 1. The third kappa shape index (κ3) is 5.12. The summed E-state index contributed by atoms with van der Waals surface area (Å²) in [6.45, 7) is 11.3. The van der Waals surface area contributed by atoms with Crippen molar-refractivity contribution in [3.63, 3.8) is 0 Å². The lowest BCUT2D eigenvalue weighted by Crippen LogP contribution is -2.29. The minimum absolute atomic E-state index is 0.0231. The van der Waals surface area contributed by atoms with Gasteiger partial charge in [0.25, 0.3) is 5.91 Å². The van der Waals surface area contributed by atoms with E-state index in [1.807, 2.05) is 13.0 Å². The fourth-order valence-corrected chi connectivity index (χ4v) is 6.40. The third-order valence-electron chi connectivity index (χ3n) is 7.37. The Labute approximate surface area is 224 Å². The van der Waals surface area contributed by atoms with Gasteiger partial charge in [0, 0.05) is 42.4 Å². The number of aromatic nitrogens is 1. The van der Waals surface area contributed by atoms with E-state index in [-0.39, 0.29) is 5.91 Å². The number of amides is 1. The number of para-hydroxylation sites is 1. The van der Waals surface area contributed by atoms with E-state index in [0.29, 0.717) is 6.54 Å². The Bertz CT molecular complexity index is 1350. The van der Waals surface area contributed by atoms with Crippen LogP contribution in [-0.4, -0.2) is 40.2 Å². The van der Waals surface area contributed by atoms with Crippen LogP contribution in [0.4, 0.5) is 11.4 Å². The number of nitrogens with zero attached hydrogens (tertiary/aromatic N) is 4. The maximum Gasteiger partial charge on any atom is 0.266 e. The number of benzene rings is 2. The van der Waals surface area contributed by atoms with E-state index in [0.717, 1.165) is 52.2 Å². The second kappa shape index (κ2) is 11.0. The summed E-state index contributed by atoms with van der Waals surface area (Å²) in [5, 5.41) is 0.745. The average molecular weight is 513 g/mol. The van der Waals surface area contributed by atoms with Gasteiger partial charge in [-0.05, 0) is 112 Å². The molecule has 5 rings (SSSR count). The number of carbonyl (C=O) groups excluding carboxylic acids is 1. The number of anilines is 1. The van der Waals surface area contributed by atoms with Gasteiger partial charge in [-0.1, -0.05) is 25.1 Å². The molecule has 3 heterocycles. The molecule has 0 aliphatic carbocycles. The molecule has 2 aromatic carbocycles. The van der Waals surface area contributed by atoms with Gasteiger partial charge in [-0.15, -0.1) is 0 Å². The SMILES string of the molecule is CCc1ccccc1-n1c(C)cc(/C=C2\SC(=Nc3ccc(N4CCCCC4)cc3)N(CC)C2=O)c1C. The molecular weight excluding hydrogens is 476 g/mol. The minimum Gasteiger partial charge on any atom is -0.372 e. The van der Waals surface area contributed by atoms with Crippen LogP contribution in [0.15, 0.2) is 64.5 Å². The molecule has 2 saturated heterocycles. The van der Waals surface area contributed by atoms with Crippen LogP contribution in [0.3, 0.4) is 0 Å². The number of thioether (sulfide) groups is 1. The Morgan fingerprint density at radius 2 is 1.70 bits per heavy atom. The Balaban J connectivity index is 1.42. The van der Waals surface area contributed by atoms with Crippen molar-refractivity contribution in [2.45, 2.75) is 53.4 Å². The maximum absolute atomic E-state index is 13.3. The van der Waals surface area contributed by atoms with Crippen molar-refractivity contribution < 1.29 is 4.79 Å². The van der Waals surface area contributed by atoms with Crippen molar-refractivity contribution in [3.05, 3.63) is 82.0 Å². The zero-order chi connectivity index (χ0) is 25.9. The number of aliphatic imine (C=N–C) groups is 1. The van der Waals surface area contributed by atoms with Gasteiger partial charge in [0.1, 0.15) is 0 Å². The molecule has 5 nitrogen and oxygen atoms in total. The zero-order valence-corrected chi connectivity index (χ0v) is 23.1. The third-order valence-corrected chi connectivity index (χ3v) is 8.38. The highest BCUT2D eigenvalue weighted by atomic mass is 32.2. The lowest BCUT2D eigenvalue weighted by molar-refractivity contribution is -0.122. The van der Waals surface area contributed by atoms with Crippen LogP contribution in [0.2, 0.25) is 0 Å². The lowest BCUT2D eigenvalue weighted by Gasteiger charge is -2.28. The fraction of sp³-hybridized carbons (Fsp3) is 0.355. The Morgan fingerprint density at radius 1 is 0.973 bits per heavy atom. The highest BCUT2D eigenvalue weighted by Gasteiger charge is 2.32. The van der Waals surface area contributed by atoms with Crippen LogP contribution in [0, 0.1) is 13.8 Å². The number of aryl methyl sites for hydroxylation is 2. The van der Waals surface area contributed by atoms with Crippen molar-refractivity contribution in [2.75, 3.05) is 24.5 Å². The van der Waals surface area contributed by atoms with E-state index in [4.69, 9.17) is 4.99 Å². The summed E-state index contributed by atoms with van der Waals surface area (Å²) in [6, 6.07) is 19.1. The lowest BCUT2D eigenvalue weighted by atomic mass is 10.1. The second-order valence-corrected chi connectivity index (χ2v) is 10.8. The zero-order valence-electron chi connectivity index (χ0n) is 22.3. The molecular formula is C31H36N4OS. The number of rotatable bonds is 6. The van der Waals surface area contributed by atoms with Crippen molar-refractivity contribution in [1.82, 2.24) is 9.47 Å². The van der Waals surface area contributed by atoms with Crippen LogP contribution in [0.25, 0.3) is 11.8 Å². The summed E-state index contributed by atoms with van der Waals surface area (Å²) in [5.74, 6) is 0.0231. The van der Waals surface area contributed by atoms with Crippen LogP contribution in [0.1, 0.15) is 55.6 Å². The number of carbonyl (C=O) groups is 1. The molecule has 1 amide bonds. The van der Waals surface area contributed by atoms with E-state index in [9.17, 15) is 4.79 Å². The molecule has 0 unspecified atom stereocenters. The molecule has 0 bridgehead atoms. The Hall–Kier alpha value is -3.25. The van der Waals surface area contributed by atoms with Crippen molar-refractivity contribution in [3.8, 4) is 5.69 Å². The average Bonchev–Trinajstić information content (AvgIpc) is 3.38. The van der Waals surface area contributed by atoms with Gasteiger partial charge in [-0.2, -0.15) is 0 Å². The van der Waals surface area contributed by atoms with E-state index < -0.39 is 0 Å². The number of amidine groups is 1. The number of piperidine rings is 1. The highest BCUT2D eigenvalue weighted by Crippen LogP contribution is 2.36. The normalized spacial score (nSPS) is 18.4. The summed E-state index contributed by atoms with van der Waals surface area (Å²) in [5.41, 5.74) is 8.03. The summed E-state index contributed by atoms with van der Waals surface area (Å²) in [4.78, 5) is 23.1. The van der Waals surface area contributed by atoms with Gasteiger partial charge < -0.3 is 9.47 Å². The molecule has 0 N–H and O–H groups in total. The molecule has 192 valence electrons. The smallest absolute Gasteiger partial charge is 0.266 e. The van der Waals surface area contributed by atoms with Gasteiger partial charge in [-0.25, -0.2) is 4.99 Å². The highest BCUT2D eigenvalue weighted by molar-refractivity contribution is 8.18. The van der Waals surface area contributed by atoms with Crippen LogP contribution in [0.5, 0.6) is 0 Å². The first kappa shape index (κ1) is 25.4. The van der Waals surface area contributed by atoms with E-state index in [2.05, 4.69) is 84.8 Å². The molecule has 2 fully saturated rings. The summed E-state index contributed by atoms with van der Waals surface area (Å²) < 4.78 is 2.30. The van der Waals surface area contributed by atoms with Crippen molar-refractivity contribution >= 4 is 40.3 Å². The molecule has 0 radical (unpaired) electrons. The molecule has 6 heteroatoms. The minimum atomic E-state index is 0.0231. The van der Waals surface area contributed by atoms with Crippen LogP contribution < -0.4 is 4.90 Å². The van der Waals surface area contributed by atoms with Crippen molar-refractivity contribution in [2.24, 2.45) is 4.99 Å².